The molecule has 98 valence electrons. The molecule has 0 aliphatic heterocycles. The van der Waals surface area contributed by atoms with Crippen LogP contribution < -0.4 is 5.32 Å². The highest BCUT2D eigenvalue weighted by Crippen LogP contribution is 2.24. The number of carbonyl (C=O) groups excluding carboxylic acids is 1. The molecule has 5 heteroatoms. The molecule has 0 saturated carbocycles. The molecular formula is C14H11ClFNO2. The van der Waals surface area contributed by atoms with Crippen molar-refractivity contribution in [2.45, 2.75) is 6.92 Å². The van der Waals surface area contributed by atoms with Crippen LogP contribution in [0.1, 0.15) is 15.9 Å². The van der Waals surface area contributed by atoms with Crippen LogP contribution >= 0.6 is 11.6 Å². The summed E-state index contributed by atoms with van der Waals surface area (Å²) in [4.78, 5) is 12.0. The van der Waals surface area contributed by atoms with E-state index in [2.05, 4.69) is 5.32 Å². The van der Waals surface area contributed by atoms with Crippen LogP contribution in [0.4, 0.5) is 10.1 Å². The van der Waals surface area contributed by atoms with Gasteiger partial charge in [0.1, 0.15) is 17.1 Å². The summed E-state index contributed by atoms with van der Waals surface area (Å²) in [6.45, 7) is 1.78. The van der Waals surface area contributed by atoms with Gasteiger partial charge in [0, 0.05) is 10.7 Å². The van der Waals surface area contributed by atoms with Crippen molar-refractivity contribution in [2.24, 2.45) is 0 Å². The van der Waals surface area contributed by atoms with E-state index >= 15 is 0 Å². The normalized spacial score (nSPS) is 10.3. The average molecular weight is 280 g/mol. The van der Waals surface area contributed by atoms with E-state index in [-0.39, 0.29) is 5.56 Å². The number of phenols is 1. The number of rotatable bonds is 2. The van der Waals surface area contributed by atoms with E-state index in [0.717, 1.165) is 11.6 Å². The SMILES string of the molecule is Cc1ccc(Cl)cc1NC(=O)c1c(O)cccc1F. The van der Waals surface area contributed by atoms with E-state index in [1.807, 2.05) is 0 Å². The Bertz CT molecular complexity index is 623. The van der Waals surface area contributed by atoms with Gasteiger partial charge in [0.25, 0.3) is 5.91 Å². The third-order valence-electron chi connectivity index (χ3n) is 2.67. The van der Waals surface area contributed by atoms with Gasteiger partial charge >= 0.3 is 0 Å². The van der Waals surface area contributed by atoms with Gasteiger partial charge in [-0.05, 0) is 36.8 Å². The number of hydrogen-bond donors (Lipinski definition) is 2. The first-order valence-electron chi connectivity index (χ1n) is 5.54. The minimum absolute atomic E-state index is 0.387. The van der Waals surface area contributed by atoms with E-state index in [1.165, 1.54) is 12.1 Å². The summed E-state index contributed by atoms with van der Waals surface area (Å²) >= 11 is 5.83. The molecule has 2 N–H and O–H groups in total. The fraction of sp³-hybridized carbons (Fsp3) is 0.0714. The predicted octanol–water partition coefficient (Wildman–Crippen LogP) is 3.75. The molecule has 0 bridgehead atoms. The van der Waals surface area contributed by atoms with Crippen LogP contribution in [-0.4, -0.2) is 11.0 Å². The van der Waals surface area contributed by atoms with Crippen LogP contribution in [0.2, 0.25) is 5.02 Å². The smallest absolute Gasteiger partial charge is 0.262 e. The molecule has 0 radical (unpaired) electrons. The monoisotopic (exact) mass is 279 g/mol. The van der Waals surface area contributed by atoms with Crippen LogP contribution in [0.5, 0.6) is 5.75 Å². The predicted molar refractivity (Wildman–Crippen MR) is 72.2 cm³/mol. The zero-order valence-electron chi connectivity index (χ0n) is 10.1. The molecule has 0 saturated heterocycles. The minimum Gasteiger partial charge on any atom is -0.507 e. The van der Waals surface area contributed by atoms with Crippen molar-refractivity contribution in [2.75, 3.05) is 5.32 Å². The van der Waals surface area contributed by atoms with E-state index in [1.54, 1.807) is 25.1 Å². The number of amides is 1. The number of hydrogen-bond acceptors (Lipinski definition) is 2. The topological polar surface area (TPSA) is 49.3 Å². The Balaban J connectivity index is 2.34. The lowest BCUT2D eigenvalue weighted by Gasteiger charge is -2.10. The highest BCUT2D eigenvalue weighted by Gasteiger charge is 2.17. The fourth-order valence-corrected chi connectivity index (χ4v) is 1.82. The first-order chi connectivity index (χ1) is 8.99. The summed E-state index contributed by atoms with van der Waals surface area (Å²) in [7, 11) is 0. The van der Waals surface area contributed by atoms with Gasteiger partial charge in [0.05, 0.1) is 0 Å². The van der Waals surface area contributed by atoms with Gasteiger partial charge in [-0.2, -0.15) is 0 Å². The molecule has 0 aliphatic rings. The quantitative estimate of drug-likeness (QED) is 0.880. The van der Waals surface area contributed by atoms with Gasteiger partial charge in [-0.3, -0.25) is 4.79 Å². The Kier molecular flexibility index (Phi) is 3.71. The molecular weight excluding hydrogens is 269 g/mol. The summed E-state index contributed by atoms with van der Waals surface area (Å²) in [6, 6.07) is 8.67. The van der Waals surface area contributed by atoms with Crippen molar-refractivity contribution in [1.29, 1.82) is 0 Å². The average Bonchev–Trinajstić information content (AvgIpc) is 2.33. The second kappa shape index (κ2) is 5.28. The molecule has 1 amide bonds. The maximum atomic E-state index is 13.5. The lowest BCUT2D eigenvalue weighted by molar-refractivity contribution is 0.102. The Morgan fingerprint density at radius 3 is 2.74 bits per heavy atom. The Morgan fingerprint density at radius 2 is 2.05 bits per heavy atom. The largest absolute Gasteiger partial charge is 0.507 e. The summed E-state index contributed by atoms with van der Waals surface area (Å²) in [5, 5.41) is 12.5. The third-order valence-corrected chi connectivity index (χ3v) is 2.90. The number of phenolic OH excluding ortho intramolecular Hbond substituents is 1. The second-order valence-electron chi connectivity index (χ2n) is 4.05. The van der Waals surface area contributed by atoms with Crippen LogP contribution in [0, 0.1) is 12.7 Å². The van der Waals surface area contributed by atoms with E-state index < -0.39 is 17.5 Å². The number of halogens is 2. The molecule has 0 atom stereocenters. The standard InChI is InChI=1S/C14H11ClFNO2/c1-8-5-6-9(15)7-11(8)17-14(19)13-10(16)3-2-4-12(13)18/h2-7,18H,1H3,(H,17,19). The lowest BCUT2D eigenvalue weighted by atomic mass is 10.1. The summed E-state index contributed by atoms with van der Waals surface area (Å²) in [5.74, 6) is -1.91. The molecule has 0 aliphatic carbocycles. The number of benzene rings is 2. The summed E-state index contributed by atoms with van der Waals surface area (Å²) < 4.78 is 13.5. The van der Waals surface area contributed by atoms with Gasteiger partial charge in [-0.15, -0.1) is 0 Å². The van der Waals surface area contributed by atoms with Gasteiger partial charge in [0.15, 0.2) is 0 Å². The summed E-state index contributed by atoms with van der Waals surface area (Å²) in [6.07, 6.45) is 0. The number of nitrogens with one attached hydrogen (secondary N) is 1. The first kappa shape index (κ1) is 13.4. The van der Waals surface area contributed by atoms with Crippen molar-refractivity contribution >= 4 is 23.2 Å². The molecule has 2 aromatic rings. The van der Waals surface area contributed by atoms with Crippen molar-refractivity contribution in [1.82, 2.24) is 0 Å². The van der Waals surface area contributed by atoms with Gasteiger partial charge in [-0.1, -0.05) is 23.7 Å². The summed E-state index contributed by atoms with van der Waals surface area (Å²) in [5.41, 5.74) is 0.871. The molecule has 0 aromatic heterocycles. The molecule has 19 heavy (non-hydrogen) atoms. The minimum atomic E-state index is -0.780. The number of aromatic hydroxyl groups is 1. The van der Waals surface area contributed by atoms with Crippen LogP contribution in [0.25, 0.3) is 0 Å². The first-order valence-corrected chi connectivity index (χ1v) is 5.92. The molecule has 0 heterocycles. The molecule has 3 nitrogen and oxygen atoms in total. The Hall–Kier alpha value is -2.07. The second-order valence-corrected chi connectivity index (χ2v) is 4.48. The van der Waals surface area contributed by atoms with Crippen molar-refractivity contribution in [3.05, 3.63) is 58.4 Å². The lowest BCUT2D eigenvalue weighted by Crippen LogP contribution is -2.14. The van der Waals surface area contributed by atoms with E-state index in [4.69, 9.17) is 11.6 Å². The number of aryl methyl sites for hydroxylation is 1. The molecule has 0 fully saturated rings. The number of carbonyl (C=O) groups is 1. The van der Waals surface area contributed by atoms with Crippen molar-refractivity contribution in [3.63, 3.8) is 0 Å². The van der Waals surface area contributed by atoms with Gasteiger partial charge < -0.3 is 10.4 Å². The maximum Gasteiger partial charge on any atom is 0.262 e. The zero-order chi connectivity index (χ0) is 14.0. The molecule has 2 rings (SSSR count). The zero-order valence-corrected chi connectivity index (χ0v) is 10.8. The molecule has 2 aromatic carbocycles. The van der Waals surface area contributed by atoms with E-state index in [9.17, 15) is 14.3 Å². The van der Waals surface area contributed by atoms with E-state index in [0.29, 0.717) is 10.7 Å². The Labute approximate surface area is 114 Å². The third kappa shape index (κ3) is 2.85. The highest BCUT2D eigenvalue weighted by atomic mass is 35.5. The van der Waals surface area contributed by atoms with Gasteiger partial charge in [-0.25, -0.2) is 4.39 Å². The molecule has 0 spiro atoms. The Morgan fingerprint density at radius 1 is 1.32 bits per heavy atom. The van der Waals surface area contributed by atoms with Gasteiger partial charge in [0.2, 0.25) is 0 Å². The van der Waals surface area contributed by atoms with Crippen molar-refractivity contribution < 1.29 is 14.3 Å². The fourth-order valence-electron chi connectivity index (χ4n) is 1.65. The van der Waals surface area contributed by atoms with Crippen LogP contribution in [0.15, 0.2) is 36.4 Å². The maximum absolute atomic E-state index is 13.5. The molecule has 0 unspecified atom stereocenters. The van der Waals surface area contributed by atoms with Crippen LogP contribution in [-0.2, 0) is 0 Å². The van der Waals surface area contributed by atoms with Crippen LogP contribution in [0.3, 0.4) is 0 Å². The van der Waals surface area contributed by atoms with Crippen molar-refractivity contribution in [3.8, 4) is 5.75 Å². The number of anilines is 1. The highest BCUT2D eigenvalue weighted by molar-refractivity contribution is 6.31.